The molecule has 49 heavy (non-hydrogen) atoms. The molecule has 3 N–H and O–H groups in total. The van der Waals surface area contributed by atoms with Crippen LogP contribution in [0.1, 0.15) is 65.3 Å². The Bertz CT molecular complexity index is 2100. The van der Waals surface area contributed by atoms with Gasteiger partial charge in [-0.05, 0) is 37.8 Å². The van der Waals surface area contributed by atoms with Crippen LogP contribution in [0.15, 0.2) is 52.5 Å². The van der Waals surface area contributed by atoms with E-state index < -0.39 is 34.7 Å². The number of aryl methyl sites for hydroxylation is 1. The summed E-state index contributed by atoms with van der Waals surface area (Å²) in [6.07, 6.45) is 5.29. The lowest BCUT2D eigenvalue weighted by Crippen LogP contribution is -2.51. The van der Waals surface area contributed by atoms with Crippen LogP contribution in [-0.4, -0.2) is 85.8 Å². The van der Waals surface area contributed by atoms with Crippen LogP contribution in [0.5, 0.6) is 5.75 Å². The Labute approximate surface area is 279 Å². The zero-order chi connectivity index (χ0) is 34.6. The molecule has 1 aliphatic heterocycles. The number of ketones is 1. The SMILES string of the molecule is COc1c(N2CCN(Cc3cn(CCC4C(=O)C(=NC(N)=O)c5ccccc54)nn3)C(C)C2)c(F)cc2c(=O)c(C(=O)O)cn(C3CC3)c12. The van der Waals surface area contributed by atoms with Crippen molar-refractivity contribution in [1.29, 1.82) is 0 Å². The van der Waals surface area contributed by atoms with E-state index in [1.807, 2.05) is 30.2 Å². The monoisotopic (exact) mass is 670 g/mol. The molecule has 4 aromatic rings. The van der Waals surface area contributed by atoms with E-state index in [2.05, 4.69) is 20.2 Å². The number of carbonyl (C=O) groups is 3. The fraction of sp³-hybridized carbons (Fsp3) is 0.382. The molecule has 2 aliphatic carbocycles. The van der Waals surface area contributed by atoms with Crippen molar-refractivity contribution in [3.8, 4) is 5.75 Å². The van der Waals surface area contributed by atoms with E-state index >= 15 is 4.39 Å². The number of carboxylic acid groups (broad SMARTS) is 1. The van der Waals surface area contributed by atoms with Gasteiger partial charge >= 0.3 is 12.0 Å². The highest BCUT2D eigenvalue weighted by Gasteiger charge is 2.37. The molecular formula is C34H35FN8O6. The minimum absolute atomic E-state index is 0.0135. The van der Waals surface area contributed by atoms with E-state index in [4.69, 9.17) is 10.5 Å². The van der Waals surface area contributed by atoms with Crippen LogP contribution in [0.4, 0.5) is 14.9 Å². The number of ether oxygens (including phenoxy) is 1. The first kappa shape index (κ1) is 32.1. The molecule has 1 saturated carbocycles. The quantitative estimate of drug-likeness (QED) is 0.269. The van der Waals surface area contributed by atoms with Crippen molar-refractivity contribution < 1.29 is 28.6 Å². The lowest BCUT2D eigenvalue weighted by Gasteiger charge is -2.41. The number of pyridine rings is 1. The average Bonchev–Trinajstić information content (AvgIpc) is 3.76. The Morgan fingerprint density at radius 3 is 2.63 bits per heavy atom. The van der Waals surface area contributed by atoms with Gasteiger partial charge in [0.05, 0.1) is 29.6 Å². The molecule has 1 saturated heterocycles. The number of carboxylic acids is 1. The van der Waals surface area contributed by atoms with Crippen molar-refractivity contribution in [1.82, 2.24) is 24.5 Å². The van der Waals surface area contributed by atoms with E-state index in [0.29, 0.717) is 50.2 Å². The minimum Gasteiger partial charge on any atom is -0.492 e. The number of hydrogen-bond acceptors (Lipinski definition) is 9. The second kappa shape index (κ2) is 12.5. The number of rotatable bonds is 9. The number of aromatic nitrogens is 4. The van der Waals surface area contributed by atoms with E-state index in [1.165, 1.54) is 13.3 Å². The van der Waals surface area contributed by atoms with E-state index in [0.717, 1.165) is 30.2 Å². The number of halogens is 1. The Hall–Kier alpha value is -5.44. The third-order valence-electron chi connectivity index (χ3n) is 9.62. The highest BCUT2D eigenvalue weighted by molar-refractivity contribution is 6.52. The number of fused-ring (bicyclic) bond motifs is 2. The molecule has 3 aliphatic rings. The van der Waals surface area contributed by atoms with E-state index in [1.54, 1.807) is 21.4 Å². The smallest absolute Gasteiger partial charge is 0.341 e. The van der Waals surface area contributed by atoms with Gasteiger partial charge in [-0.15, -0.1) is 5.10 Å². The molecule has 2 fully saturated rings. The third kappa shape index (κ3) is 5.83. The number of carbonyl (C=O) groups excluding carboxylic acids is 2. The fourth-order valence-electron chi connectivity index (χ4n) is 7.11. The Morgan fingerprint density at radius 1 is 1.16 bits per heavy atom. The van der Waals surface area contributed by atoms with Crippen molar-refractivity contribution >= 4 is 40.1 Å². The number of nitrogens with zero attached hydrogens (tertiary/aromatic N) is 7. The van der Waals surface area contributed by atoms with Crippen LogP contribution in [0.3, 0.4) is 0 Å². The van der Waals surface area contributed by atoms with Crippen LogP contribution >= 0.6 is 0 Å². The van der Waals surface area contributed by atoms with Gasteiger partial charge in [0, 0.05) is 62.8 Å². The number of urea groups is 1. The number of primary amides is 1. The highest BCUT2D eigenvalue weighted by Crippen LogP contribution is 2.44. The van der Waals surface area contributed by atoms with Crippen LogP contribution in [-0.2, 0) is 17.9 Å². The molecule has 2 amide bonds. The standard InChI is InChI=1S/C34H35FN8O6/c1-18-14-41(29-26(35)13-24-28(32(29)49-2)43(20-7-8-20)17-25(30(24)44)33(46)47)12-11-40(18)15-19-16-42(39-38-19)10-9-23-21-5-3-4-6-22(21)27(31(23)45)37-34(36)48/h3-6,13,16-18,20,23H,7-12,14-15H2,1-2H3,(H2,36,48)(H,46,47). The lowest BCUT2D eigenvalue weighted by atomic mass is 9.97. The number of anilines is 1. The summed E-state index contributed by atoms with van der Waals surface area (Å²) >= 11 is 0. The molecule has 14 nitrogen and oxygen atoms in total. The van der Waals surface area contributed by atoms with Crippen LogP contribution < -0.4 is 20.8 Å². The number of methoxy groups -OCH3 is 1. The van der Waals surface area contributed by atoms with Crippen LogP contribution in [0.25, 0.3) is 10.9 Å². The summed E-state index contributed by atoms with van der Waals surface area (Å²) in [6, 6.07) is 7.47. The largest absolute Gasteiger partial charge is 0.492 e. The van der Waals surface area contributed by atoms with Crippen molar-refractivity contribution in [2.24, 2.45) is 10.7 Å². The summed E-state index contributed by atoms with van der Waals surface area (Å²) in [4.78, 5) is 57.3. The zero-order valence-corrected chi connectivity index (χ0v) is 27.0. The number of hydrogen-bond donors (Lipinski definition) is 2. The number of amides is 2. The van der Waals surface area contributed by atoms with Crippen LogP contribution in [0.2, 0.25) is 0 Å². The number of benzene rings is 2. The maximum Gasteiger partial charge on any atom is 0.341 e. The normalized spacial score (nSPS) is 20.3. The maximum absolute atomic E-state index is 15.9. The predicted octanol–water partition coefficient (Wildman–Crippen LogP) is 3.11. The molecule has 3 heterocycles. The number of aliphatic imine (C=N–C) groups is 1. The summed E-state index contributed by atoms with van der Waals surface area (Å²) in [6.45, 7) is 4.48. The Morgan fingerprint density at radius 2 is 1.94 bits per heavy atom. The van der Waals surface area contributed by atoms with Gasteiger partial charge in [-0.25, -0.2) is 14.0 Å². The van der Waals surface area contributed by atoms with E-state index in [-0.39, 0.29) is 40.4 Å². The Balaban J connectivity index is 1.05. The molecule has 0 spiro atoms. The van der Waals surface area contributed by atoms with Crippen molar-refractivity contribution in [2.75, 3.05) is 31.6 Å². The van der Waals surface area contributed by atoms with Crippen LogP contribution in [0, 0.1) is 5.82 Å². The summed E-state index contributed by atoms with van der Waals surface area (Å²) in [7, 11) is 1.43. The molecule has 2 aromatic heterocycles. The lowest BCUT2D eigenvalue weighted by molar-refractivity contribution is -0.114. The molecule has 7 rings (SSSR count). The zero-order valence-electron chi connectivity index (χ0n) is 27.0. The highest BCUT2D eigenvalue weighted by atomic mass is 19.1. The van der Waals surface area contributed by atoms with Gasteiger partial charge < -0.3 is 25.0 Å². The molecule has 15 heteroatoms. The predicted molar refractivity (Wildman–Crippen MR) is 177 cm³/mol. The fourth-order valence-corrected chi connectivity index (χ4v) is 7.11. The Kier molecular flexibility index (Phi) is 8.22. The molecule has 0 radical (unpaired) electrons. The molecule has 2 atom stereocenters. The van der Waals surface area contributed by atoms with Crippen molar-refractivity contribution in [3.63, 3.8) is 0 Å². The summed E-state index contributed by atoms with van der Waals surface area (Å²) in [5, 5.41) is 18.2. The van der Waals surface area contributed by atoms with Gasteiger partial charge in [0.2, 0.25) is 5.43 Å². The second-order valence-corrected chi connectivity index (χ2v) is 12.8. The minimum atomic E-state index is -1.35. The third-order valence-corrected chi connectivity index (χ3v) is 9.62. The molecular weight excluding hydrogens is 635 g/mol. The van der Waals surface area contributed by atoms with Gasteiger partial charge in [0.1, 0.15) is 17.0 Å². The van der Waals surface area contributed by atoms with Gasteiger partial charge in [-0.1, -0.05) is 29.5 Å². The first-order valence-electron chi connectivity index (χ1n) is 16.1. The summed E-state index contributed by atoms with van der Waals surface area (Å²) in [5.74, 6) is -2.50. The van der Waals surface area contributed by atoms with E-state index in [9.17, 15) is 24.3 Å². The molecule has 254 valence electrons. The first-order valence-corrected chi connectivity index (χ1v) is 16.1. The summed E-state index contributed by atoms with van der Waals surface area (Å²) < 4.78 is 25.1. The summed E-state index contributed by atoms with van der Waals surface area (Å²) in [5.41, 5.74) is 7.02. The molecule has 2 unspecified atom stereocenters. The van der Waals surface area contributed by atoms with Gasteiger partial charge in [-0.3, -0.25) is 19.2 Å². The second-order valence-electron chi connectivity index (χ2n) is 12.8. The number of aromatic carboxylic acids is 1. The first-order chi connectivity index (χ1) is 23.5. The number of nitrogens with two attached hydrogens (primary N) is 1. The number of piperazine rings is 1. The van der Waals surface area contributed by atoms with Crippen molar-refractivity contribution in [3.05, 3.63) is 81.2 Å². The molecule has 0 bridgehead atoms. The topological polar surface area (TPSA) is 178 Å². The van der Waals surface area contributed by atoms with Gasteiger partial charge in [-0.2, -0.15) is 4.99 Å². The molecule has 2 aromatic carbocycles. The number of Topliss-reactive ketones (excluding diaryl/α,β-unsaturated/α-hetero) is 1. The van der Waals surface area contributed by atoms with Gasteiger partial charge in [0.25, 0.3) is 0 Å². The van der Waals surface area contributed by atoms with Crippen molar-refractivity contribution in [2.45, 2.75) is 57.3 Å². The van der Waals surface area contributed by atoms with Gasteiger partial charge in [0.15, 0.2) is 17.3 Å². The average molecular weight is 671 g/mol. The maximum atomic E-state index is 15.9.